The Bertz CT molecular complexity index is 839. The van der Waals surface area contributed by atoms with Gasteiger partial charge in [0.25, 0.3) is 0 Å². The number of hydrogen-bond donors (Lipinski definition) is 0. The summed E-state index contributed by atoms with van der Waals surface area (Å²) in [6, 6.07) is 18.4. The molecular formula is C22H26Al2Cl2OZr. The quantitative estimate of drug-likeness (QED) is 0.468. The number of halogens is 2. The molecule has 144 valence electrons. The standard InChI is InChI=1S/C13H9.C5H5.C3H6.CH3.2Al.2ClH.O.Zr.3H/c1-3-7-12-10(5-1)9-11-6-2-4-8-13(11)12;1-2-4-5-3-1;1-3-2;;;;;;;;;;/h1-9H;1-3H,4H2;3H,1H2,2H3;1H3;;;2*1H;;;;;/q;;;;;;;;;+2;;;/p-2. The fourth-order valence-electron chi connectivity index (χ4n) is 4.99. The average molecular weight is 523 g/mol. The average Bonchev–Trinajstić information content (AvgIpc) is 3.09. The Morgan fingerprint density at radius 3 is 1.89 bits per heavy atom. The van der Waals surface area contributed by atoms with Gasteiger partial charge in [0.1, 0.15) is 0 Å². The minimum absolute atomic E-state index is 0. The van der Waals surface area contributed by atoms with E-state index in [0.29, 0.717) is 0 Å². The maximum Gasteiger partial charge on any atom is 0.401 e. The summed E-state index contributed by atoms with van der Waals surface area (Å²) in [6.07, 6.45) is 8.38. The topological polar surface area (TPSA) is 9.23 Å². The van der Waals surface area contributed by atoms with Crippen molar-refractivity contribution in [3.05, 3.63) is 81.2 Å². The van der Waals surface area contributed by atoms with Crippen LogP contribution in [0.4, 0.5) is 0 Å². The van der Waals surface area contributed by atoms with E-state index in [1.54, 1.807) is 11.1 Å². The molecule has 0 N–H and O–H groups in total. The van der Waals surface area contributed by atoms with Gasteiger partial charge in [-0.3, -0.25) is 0 Å². The Hall–Kier alpha value is 0.408. The normalized spacial score (nSPS) is 20.9. The Kier molecular flexibility index (Phi) is 9.37. The largest absolute Gasteiger partial charge is 1.00 e. The minimum atomic E-state index is -2.29. The van der Waals surface area contributed by atoms with Crippen molar-refractivity contribution in [1.82, 2.24) is 0 Å². The van der Waals surface area contributed by atoms with Crippen LogP contribution in [-0.4, -0.2) is 32.2 Å². The summed E-state index contributed by atoms with van der Waals surface area (Å²) in [5.74, 6) is 2.13. The maximum absolute atomic E-state index is 4.82. The second-order valence-corrected chi connectivity index (χ2v) is 22.1. The molecule has 0 amide bonds. The molecule has 2 atom stereocenters. The molecule has 6 heteroatoms. The van der Waals surface area contributed by atoms with Crippen LogP contribution in [0.1, 0.15) is 28.1 Å². The van der Waals surface area contributed by atoms with Gasteiger partial charge in [-0.05, 0) is 0 Å². The zero-order valence-corrected chi connectivity index (χ0v) is 24.2. The predicted molar refractivity (Wildman–Crippen MR) is 112 cm³/mol. The van der Waals surface area contributed by atoms with E-state index in [1.165, 1.54) is 21.7 Å². The molecule has 1 heterocycles. The van der Waals surface area contributed by atoms with Crippen LogP contribution in [0.5, 0.6) is 0 Å². The molecule has 0 radical (unpaired) electrons. The summed E-state index contributed by atoms with van der Waals surface area (Å²) in [5, 5.41) is 0. The summed E-state index contributed by atoms with van der Waals surface area (Å²) in [5.41, 5.74) is 6.28. The number of rotatable bonds is 3. The van der Waals surface area contributed by atoms with E-state index in [-0.39, 0.29) is 40.4 Å². The van der Waals surface area contributed by atoms with E-state index < -0.39 is 20.3 Å². The number of allylic oxidation sites excluding steroid dienone is 4. The number of benzene rings is 2. The smallest absolute Gasteiger partial charge is 0.401 e. The van der Waals surface area contributed by atoms with E-state index in [9.17, 15) is 0 Å². The first-order chi connectivity index (χ1) is 12.7. The van der Waals surface area contributed by atoms with Crippen molar-refractivity contribution in [3.63, 3.8) is 0 Å². The van der Waals surface area contributed by atoms with Crippen molar-refractivity contribution in [3.8, 4) is 11.1 Å². The van der Waals surface area contributed by atoms with Crippen molar-refractivity contribution in [2.75, 3.05) is 0 Å². The summed E-state index contributed by atoms with van der Waals surface area (Å²) in [6.45, 7) is 2.53. The molecular weight excluding hydrogens is 496 g/mol. The summed E-state index contributed by atoms with van der Waals surface area (Å²) >= 11 is -1.35. The molecule has 5 rings (SSSR count). The number of hydrogen-bond acceptors (Lipinski definition) is 1. The number of fused-ring (bicyclic) bond motifs is 3. The molecule has 1 nitrogen and oxygen atoms in total. The summed E-state index contributed by atoms with van der Waals surface area (Å²) < 4.78 is 9.96. The zero-order valence-electron chi connectivity index (χ0n) is 16.8. The van der Waals surface area contributed by atoms with E-state index in [1.807, 2.05) is 3.28 Å². The van der Waals surface area contributed by atoms with Gasteiger partial charge in [-0.25, -0.2) is 0 Å². The van der Waals surface area contributed by atoms with Crippen LogP contribution >= 0.6 is 0 Å². The van der Waals surface area contributed by atoms with Crippen LogP contribution in [0.25, 0.3) is 11.1 Å². The molecule has 0 spiro atoms. The van der Waals surface area contributed by atoms with Crippen LogP contribution in [-0.2, 0) is 23.1 Å². The summed E-state index contributed by atoms with van der Waals surface area (Å²) in [4.78, 5) is 0. The van der Waals surface area contributed by atoms with Gasteiger partial charge >= 0.3 is 169 Å². The van der Waals surface area contributed by atoms with Crippen LogP contribution < -0.4 is 24.8 Å². The first-order valence-corrected chi connectivity index (χ1v) is 18.4. The van der Waals surface area contributed by atoms with E-state index >= 15 is 0 Å². The van der Waals surface area contributed by atoms with Crippen molar-refractivity contribution >= 4 is 32.2 Å². The third kappa shape index (κ3) is 4.24. The van der Waals surface area contributed by atoms with Gasteiger partial charge in [-0.15, -0.1) is 0 Å². The van der Waals surface area contributed by atoms with Crippen LogP contribution in [0.3, 0.4) is 0 Å². The third-order valence-corrected chi connectivity index (χ3v) is 23.3. The molecule has 2 unspecified atom stereocenters. The Balaban J connectivity index is 0.000000431. The monoisotopic (exact) mass is 520 g/mol. The molecule has 1 saturated heterocycles. The predicted octanol–water partition coefficient (Wildman–Crippen LogP) is -1.05. The molecule has 3 aliphatic rings. The van der Waals surface area contributed by atoms with Crippen LogP contribution in [0.2, 0.25) is 13.5 Å². The van der Waals surface area contributed by atoms with Crippen molar-refractivity contribution in [2.24, 2.45) is 0 Å². The fraction of sp³-hybridized carbons (Fsp3) is 0.273. The first-order valence-electron chi connectivity index (χ1n) is 9.77. The fourth-order valence-corrected chi connectivity index (χ4v) is 21.7. The van der Waals surface area contributed by atoms with Gasteiger partial charge < -0.3 is 27.7 Å². The van der Waals surface area contributed by atoms with E-state index in [2.05, 4.69) is 79.5 Å². The van der Waals surface area contributed by atoms with Gasteiger partial charge in [0, 0.05) is 0 Å². The second-order valence-electron chi connectivity index (χ2n) is 7.65. The van der Waals surface area contributed by atoms with Gasteiger partial charge in [0.05, 0.1) is 0 Å². The molecule has 28 heavy (non-hydrogen) atoms. The molecule has 1 aliphatic heterocycles. The molecule has 2 aliphatic carbocycles. The van der Waals surface area contributed by atoms with Gasteiger partial charge in [-0.2, -0.15) is 0 Å². The molecule has 1 fully saturated rings. The molecule has 0 bridgehead atoms. The van der Waals surface area contributed by atoms with Crippen LogP contribution in [0.15, 0.2) is 70.0 Å². The van der Waals surface area contributed by atoms with Crippen molar-refractivity contribution < 1.29 is 47.9 Å². The molecule has 0 aromatic heterocycles. The summed E-state index contributed by atoms with van der Waals surface area (Å²) in [7, 11) is 0. The molecule has 2 aromatic carbocycles. The van der Waals surface area contributed by atoms with E-state index in [4.69, 9.17) is 2.84 Å². The minimum Gasteiger partial charge on any atom is -1.00 e. The first kappa shape index (κ1) is 24.7. The van der Waals surface area contributed by atoms with Crippen LogP contribution in [0, 0.1) is 0 Å². The Labute approximate surface area is 201 Å². The Morgan fingerprint density at radius 2 is 1.50 bits per heavy atom. The molecule has 0 saturated carbocycles. The maximum atomic E-state index is 4.82. The third-order valence-electron chi connectivity index (χ3n) is 6.37. The second kappa shape index (κ2) is 10.6. The zero-order chi connectivity index (χ0) is 18.1. The van der Waals surface area contributed by atoms with Crippen molar-refractivity contribution in [2.45, 2.75) is 30.5 Å². The molecule has 2 aromatic rings. The van der Waals surface area contributed by atoms with Gasteiger partial charge in [0.15, 0.2) is 0 Å². The van der Waals surface area contributed by atoms with Gasteiger partial charge in [-0.1, -0.05) is 5.79 Å². The van der Waals surface area contributed by atoms with Crippen molar-refractivity contribution in [1.29, 1.82) is 0 Å². The van der Waals surface area contributed by atoms with E-state index in [0.717, 1.165) is 23.9 Å². The Morgan fingerprint density at radius 1 is 1.00 bits per heavy atom. The van der Waals surface area contributed by atoms with Gasteiger partial charge in [0.2, 0.25) is 0 Å². The SMILES string of the molecule is C[CH]1[CH2][Zr+2]1([C]1=CC=CC1)[CH]1c2ccccc2-c2ccccc21.[CH3][AlH][O][AlH2].[Cl-].[Cl-].